The SMILES string of the molecule is COc1ccc(C(=O)/C(=C\c2ccc(Br)cc2)S(=O)(=O)Cc2ccccc2)cc1. The van der Waals surface area contributed by atoms with E-state index < -0.39 is 15.6 Å². The maximum Gasteiger partial charge on any atom is 0.204 e. The van der Waals surface area contributed by atoms with Crippen molar-refractivity contribution in [1.82, 2.24) is 0 Å². The molecule has 0 aliphatic rings. The van der Waals surface area contributed by atoms with Gasteiger partial charge in [-0.2, -0.15) is 0 Å². The second-order valence-corrected chi connectivity index (χ2v) is 9.24. The van der Waals surface area contributed by atoms with Crippen molar-refractivity contribution in [2.75, 3.05) is 7.11 Å². The maximum absolute atomic E-state index is 13.2. The number of allylic oxidation sites excluding steroid dienone is 1. The van der Waals surface area contributed by atoms with Crippen molar-refractivity contribution in [3.63, 3.8) is 0 Å². The van der Waals surface area contributed by atoms with Gasteiger partial charge in [0.2, 0.25) is 5.78 Å². The Morgan fingerprint density at radius 3 is 2.14 bits per heavy atom. The van der Waals surface area contributed by atoms with Gasteiger partial charge in [-0.15, -0.1) is 0 Å². The van der Waals surface area contributed by atoms with Crippen LogP contribution in [-0.2, 0) is 15.6 Å². The van der Waals surface area contributed by atoms with E-state index in [4.69, 9.17) is 4.74 Å². The number of rotatable bonds is 7. The summed E-state index contributed by atoms with van der Waals surface area (Å²) < 4.78 is 32.4. The fourth-order valence-corrected chi connectivity index (χ4v) is 4.53. The zero-order valence-electron chi connectivity index (χ0n) is 15.7. The summed E-state index contributed by atoms with van der Waals surface area (Å²) in [6.45, 7) is 0. The summed E-state index contributed by atoms with van der Waals surface area (Å²) in [7, 11) is -2.35. The molecular weight excluding hydrogens is 452 g/mol. The molecule has 0 aromatic heterocycles. The Hall–Kier alpha value is -2.70. The van der Waals surface area contributed by atoms with Gasteiger partial charge < -0.3 is 4.74 Å². The molecule has 0 spiro atoms. The number of ether oxygens (including phenoxy) is 1. The van der Waals surface area contributed by atoms with Gasteiger partial charge in [0, 0.05) is 10.0 Å². The molecule has 0 unspecified atom stereocenters. The second kappa shape index (κ2) is 9.20. The average Bonchev–Trinajstić information content (AvgIpc) is 2.73. The fourth-order valence-electron chi connectivity index (χ4n) is 2.76. The maximum atomic E-state index is 13.2. The van der Waals surface area contributed by atoms with Crippen LogP contribution in [0.4, 0.5) is 0 Å². The van der Waals surface area contributed by atoms with Crippen LogP contribution in [0.2, 0.25) is 0 Å². The highest BCUT2D eigenvalue weighted by Crippen LogP contribution is 2.24. The summed E-state index contributed by atoms with van der Waals surface area (Å²) in [6, 6.07) is 22.3. The second-order valence-electron chi connectivity index (χ2n) is 6.36. The Kier molecular flexibility index (Phi) is 6.67. The average molecular weight is 471 g/mol. The topological polar surface area (TPSA) is 60.4 Å². The van der Waals surface area contributed by atoms with Crippen LogP contribution in [0.5, 0.6) is 5.75 Å². The molecule has 0 amide bonds. The lowest BCUT2D eigenvalue weighted by Crippen LogP contribution is -2.16. The number of Topliss-reactive ketones (excluding diaryl/α,β-unsaturated/α-hetero) is 1. The first-order valence-corrected chi connectivity index (χ1v) is 11.3. The molecule has 0 bridgehead atoms. The van der Waals surface area contributed by atoms with Crippen LogP contribution in [0, 0.1) is 0 Å². The van der Waals surface area contributed by atoms with Crippen LogP contribution in [0.25, 0.3) is 6.08 Å². The van der Waals surface area contributed by atoms with Crippen LogP contribution in [-0.4, -0.2) is 21.3 Å². The van der Waals surface area contributed by atoms with Gasteiger partial charge in [-0.25, -0.2) is 8.42 Å². The standard InChI is InChI=1S/C23H19BrO4S/c1-28-21-13-9-19(10-14-21)23(25)22(15-17-7-11-20(24)12-8-17)29(26,27)16-18-5-3-2-4-6-18/h2-15H,16H2,1H3/b22-15+. The third kappa shape index (κ3) is 5.43. The minimum atomic E-state index is -3.88. The molecule has 0 radical (unpaired) electrons. The highest BCUT2D eigenvalue weighted by atomic mass is 79.9. The first kappa shape index (κ1) is 21.0. The van der Waals surface area contributed by atoms with Crippen molar-refractivity contribution >= 4 is 37.6 Å². The molecule has 0 heterocycles. The number of hydrogen-bond donors (Lipinski definition) is 0. The molecule has 0 saturated carbocycles. The third-order valence-electron chi connectivity index (χ3n) is 4.28. The minimum Gasteiger partial charge on any atom is -0.497 e. The number of halogens is 1. The Balaban J connectivity index is 2.05. The van der Waals surface area contributed by atoms with Crippen molar-refractivity contribution in [1.29, 1.82) is 0 Å². The van der Waals surface area contributed by atoms with E-state index in [0.717, 1.165) is 4.47 Å². The molecule has 0 aliphatic heterocycles. The van der Waals surface area contributed by atoms with Crippen molar-refractivity contribution in [3.05, 3.63) is 105 Å². The smallest absolute Gasteiger partial charge is 0.204 e. The van der Waals surface area contributed by atoms with Crippen LogP contribution in [0.3, 0.4) is 0 Å². The molecule has 29 heavy (non-hydrogen) atoms. The first-order valence-electron chi connectivity index (χ1n) is 8.82. The molecular formula is C23H19BrO4S. The lowest BCUT2D eigenvalue weighted by Gasteiger charge is -2.10. The zero-order valence-corrected chi connectivity index (χ0v) is 18.1. The predicted octanol–water partition coefficient (Wildman–Crippen LogP) is 5.30. The van der Waals surface area contributed by atoms with E-state index in [1.54, 1.807) is 72.8 Å². The molecule has 3 aromatic carbocycles. The van der Waals surface area contributed by atoms with Gasteiger partial charge >= 0.3 is 0 Å². The third-order valence-corrected chi connectivity index (χ3v) is 6.49. The van der Waals surface area contributed by atoms with Gasteiger partial charge in [-0.3, -0.25) is 4.79 Å². The summed E-state index contributed by atoms with van der Waals surface area (Å²) >= 11 is 3.36. The Bertz CT molecular complexity index is 1120. The van der Waals surface area contributed by atoms with Gasteiger partial charge in [0.1, 0.15) is 10.7 Å². The molecule has 6 heteroatoms. The monoisotopic (exact) mass is 470 g/mol. The van der Waals surface area contributed by atoms with Crippen LogP contribution < -0.4 is 4.74 Å². The number of ketones is 1. The summed E-state index contributed by atoms with van der Waals surface area (Å²) in [5.74, 6) is -0.211. The van der Waals surface area contributed by atoms with Gasteiger partial charge in [-0.05, 0) is 53.6 Å². The van der Waals surface area contributed by atoms with Crippen molar-refractivity contribution in [2.45, 2.75) is 5.75 Å². The summed E-state index contributed by atoms with van der Waals surface area (Å²) in [6.07, 6.45) is 1.43. The largest absolute Gasteiger partial charge is 0.497 e. The van der Waals surface area contributed by atoms with Crippen LogP contribution >= 0.6 is 15.9 Å². The van der Waals surface area contributed by atoms with Crippen LogP contribution in [0.15, 0.2) is 88.2 Å². The Morgan fingerprint density at radius 2 is 1.55 bits per heavy atom. The highest BCUT2D eigenvalue weighted by molar-refractivity contribution is 9.10. The zero-order chi connectivity index (χ0) is 20.9. The number of sulfone groups is 1. The van der Waals surface area contributed by atoms with Crippen molar-refractivity contribution in [2.24, 2.45) is 0 Å². The lowest BCUT2D eigenvalue weighted by atomic mass is 10.1. The fraction of sp³-hybridized carbons (Fsp3) is 0.0870. The molecule has 3 aromatic rings. The molecule has 0 aliphatic carbocycles. The highest BCUT2D eigenvalue weighted by Gasteiger charge is 2.26. The van der Waals surface area contributed by atoms with E-state index in [-0.39, 0.29) is 16.2 Å². The molecule has 148 valence electrons. The molecule has 0 N–H and O–H groups in total. The van der Waals surface area contributed by atoms with Gasteiger partial charge in [0.05, 0.1) is 12.9 Å². The first-order chi connectivity index (χ1) is 13.9. The summed E-state index contributed by atoms with van der Waals surface area (Å²) in [4.78, 5) is 12.9. The minimum absolute atomic E-state index is 0.242. The van der Waals surface area contributed by atoms with E-state index in [9.17, 15) is 13.2 Å². The van der Waals surface area contributed by atoms with E-state index in [0.29, 0.717) is 16.9 Å². The molecule has 3 rings (SSSR count). The quantitative estimate of drug-likeness (QED) is 0.347. The molecule has 4 nitrogen and oxygen atoms in total. The number of methoxy groups -OCH3 is 1. The number of carbonyl (C=O) groups excluding carboxylic acids is 1. The van der Waals surface area contributed by atoms with Gasteiger partial charge in [0.25, 0.3) is 0 Å². The van der Waals surface area contributed by atoms with Crippen molar-refractivity contribution in [3.8, 4) is 5.75 Å². The normalized spacial score (nSPS) is 11.9. The van der Waals surface area contributed by atoms with Gasteiger partial charge in [-0.1, -0.05) is 58.4 Å². The van der Waals surface area contributed by atoms with Gasteiger partial charge in [0.15, 0.2) is 9.84 Å². The van der Waals surface area contributed by atoms with E-state index >= 15 is 0 Å². The van der Waals surface area contributed by atoms with E-state index in [2.05, 4.69) is 15.9 Å². The molecule has 0 saturated heterocycles. The Labute approximate surface area is 178 Å². The Morgan fingerprint density at radius 1 is 0.931 bits per heavy atom. The predicted molar refractivity (Wildman–Crippen MR) is 119 cm³/mol. The summed E-state index contributed by atoms with van der Waals surface area (Å²) in [5, 5.41) is 0. The lowest BCUT2D eigenvalue weighted by molar-refractivity contribution is 0.104. The number of carbonyl (C=O) groups is 1. The summed E-state index contributed by atoms with van der Waals surface area (Å²) in [5.41, 5.74) is 1.53. The number of benzene rings is 3. The molecule has 0 fully saturated rings. The van der Waals surface area contributed by atoms with Crippen molar-refractivity contribution < 1.29 is 17.9 Å². The van der Waals surface area contributed by atoms with Crippen LogP contribution in [0.1, 0.15) is 21.5 Å². The van der Waals surface area contributed by atoms with E-state index in [1.165, 1.54) is 13.2 Å². The van der Waals surface area contributed by atoms with E-state index in [1.807, 2.05) is 6.07 Å². The number of hydrogen-bond acceptors (Lipinski definition) is 4. The molecule has 0 atom stereocenters.